The summed E-state index contributed by atoms with van der Waals surface area (Å²) in [5.74, 6) is -0.560. The highest BCUT2D eigenvalue weighted by atomic mass is 19.4. The molecule has 0 spiro atoms. The maximum atomic E-state index is 12.7. The second-order valence-electron chi connectivity index (χ2n) is 4.66. The van der Waals surface area contributed by atoms with E-state index < -0.39 is 23.8 Å². The molecule has 0 radical (unpaired) electrons. The summed E-state index contributed by atoms with van der Waals surface area (Å²) in [5, 5.41) is 10.3. The predicted octanol–water partition coefficient (Wildman–Crippen LogP) is 2.88. The van der Waals surface area contributed by atoms with Gasteiger partial charge in [0, 0.05) is 24.4 Å². The maximum Gasteiger partial charge on any atom is 0.416 e. The largest absolute Gasteiger partial charge is 0.416 e. The highest BCUT2D eigenvalue weighted by molar-refractivity contribution is 5.29. The molecule has 6 heteroatoms. The molecule has 21 heavy (non-hydrogen) atoms. The number of pyridine rings is 1. The summed E-state index contributed by atoms with van der Waals surface area (Å²) < 4.78 is 38.2. The lowest BCUT2D eigenvalue weighted by molar-refractivity contribution is -0.137. The molecule has 0 saturated carbocycles. The predicted molar refractivity (Wildman–Crippen MR) is 72.4 cm³/mol. The highest BCUT2D eigenvalue weighted by Crippen LogP contribution is 2.34. The van der Waals surface area contributed by atoms with Crippen molar-refractivity contribution in [3.8, 4) is 0 Å². The van der Waals surface area contributed by atoms with E-state index in [4.69, 9.17) is 5.73 Å². The molecule has 0 aliphatic carbocycles. The Bertz CT molecular complexity index is 587. The minimum atomic E-state index is -4.45. The molecule has 2 rings (SSSR count). The van der Waals surface area contributed by atoms with Crippen molar-refractivity contribution < 1.29 is 18.3 Å². The average molecular weight is 296 g/mol. The normalized spacial score (nSPS) is 14.7. The van der Waals surface area contributed by atoms with Crippen molar-refractivity contribution >= 4 is 0 Å². The monoisotopic (exact) mass is 296 g/mol. The van der Waals surface area contributed by atoms with Crippen LogP contribution in [0.5, 0.6) is 0 Å². The number of alkyl halides is 3. The molecule has 2 unspecified atom stereocenters. The van der Waals surface area contributed by atoms with Gasteiger partial charge in [0.15, 0.2) is 0 Å². The first-order valence-electron chi connectivity index (χ1n) is 6.39. The Balaban J connectivity index is 2.32. The lowest BCUT2D eigenvalue weighted by Crippen LogP contribution is -2.21. The van der Waals surface area contributed by atoms with Crippen molar-refractivity contribution in [1.29, 1.82) is 0 Å². The van der Waals surface area contributed by atoms with Crippen LogP contribution in [0.25, 0.3) is 0 Å². The molecule has 0 fully saturated rings. The van der Waals surface area contributed by atoms with Crippen molar-refractivity contribution in [2.24, 2.45) is 5.73 Å². The van der Waals surface area contributed by atoms with Gasteiger partial charge in [-0.1, -0.05) is 18.2 Å². The van der Waals surface area contributed by atoms with Crippen LogP contribution < -0.4 is 5.73 Å². The highest BCUT2D eigenvalue weighted by Gasteiger charge is 2.32. The lowest BCUT2D eigenvalue weighted by Gasteiger charge is -2.22. The van der Waals surface area contributed by atoms with E-state index in [0.29, 0.717) is 5.69 Å². The Hall–Kier alpha value is -1.92. The quantitative estimate of drug-likeness (QED) is 0.912. The van der Waals surface area contributed by atoms with Crippen LogP contribution in [0, 0.1) is 0 Å². The van der Waals surface area contributed by atoms with Gasteiger partial charge in [0.25, 0.3) is 0 Å². The maximum absolute atomic E-state index is 12.7. The van der Waals surface area contributed by atoms with E-state index in [1.165, 1.54) is 12.1 Å². The molecule has 0 aliphatic heterocycles. The van der Waals surface area contributed by atoms with Crippen molar-refractivity contribution in [3.05, 3.63) is 65.5 Å². The Labute approximate surface area is 120 Å². The summed E-state index contributed by atoms with van der Waals surface area (Å²) in [6.07, 6.45) is -4.04. The standard InChI is InChI=1S/C15H15F3N2O/c16-15(17,18)11-5-3-4-10(8-11)14(21)12(9-19)13-6-1-2-7-20-13/h1-8,12,14,21H,9,19H2. The van der Waals surface area contributed by atoms with Gasteiger partial charge in [0.2, 0.25) is 0 Å². The number of rotatable bonds is 4. The van der Waals surface area contributed by atoms with Gasteiger partial charge in [0.05, 0.1) is 11.7 Å². The number of halogens is 3. The van der Waals surface area contributed by atoms with Crippen LogP contribution in [0.2, 0.25) is 0 Å². The molecule has 1 aromatic carbocycles. The van der Waals surface area contributed by atoms with Gasteiger partial charge in [-0.15, -0.1) is 0 Å². The fraction of sp³-hybridized carbons (Fsp3) is 0.267. The Morgan fingerprint density at radius 1 is 1.14 bits per heavy atom. The van der Waals surface area contributed by atoms with Crippen molar-refractivity contribution in [2.45, 2.75) is 18.2 Å². The lowest BCUT2D eigenvalue weighted by atomic mass is 9.91. The van der Waals surface area contributed by atoms with Crippen LogP contribution in [0.15, 0.2) is 48.7 Å². The van der Waals surface area contributed by atoms with E-state index in [9.17, 15) is 18.3 Å². The molecule has 3 nitrogen and oxygen atoms in total. The fourth-order valence-corrected chi connectivity index (χ4v) is 2.14. The topological polar surface area (TPSA) is 59.1 Å². The molecule has 2 atom stereocenters. The average Bonchev–Trinajstić information content (AvgIpc) is 2.48. The van der Waals surface area contributed by atoms with E-state index in [0.717, 1.165) is 12.1 Å². The zero-order valence-electron chi connectivity index (χ0n) is 11.1. The third-order valence-electron chi connectivity index (χ3n) is 3.26. The number of aliphatic hydroxyl groups excluding tert-OH is 1. The summed E-state index contributed by atoms with van der Waals surface area (Å²) in [7, 11) is 0. The number of benzene rings is 1. The van der Waals surface area contributed by atoms with Gasteiger partial charge in [-0.05, 0) is 29.8 Å². The Morgan fingerprint density at radius 2 is 1.90 bits per heavy atom. The second kappa shape index (κ2) is 6.24. The third-order valence-corrected chi connectivity index (χ3v) is 3.26. The molecule has 0 amide bonds. The Morgan fingerprint density at radius 3 is 2.48 bits per heavy atom. The SMILES string of the molecule is NCC(c1ccccn1)C(O)c1cccc(C(F)(F)F)c1. The number of hydrogen-bond acceptors (Lipinski definition) is 3. The third kappa shape index (κ3) is 3.59. The molecular formula is C15H15F3N2O. The van der Waals surface area contributed by atoms with Gasteiger partial charge in [-0.25, -0.2) is 0 Å². The number of aromatic nitrogens is 1. The Kier molecular flexibility index (Phi) is 4.59. The van der Waals surface area contributed by atoms with Gasteiger partial charge in [0.1, 0.15) is 0 Å². The van der Waals surface area contributed by atoms with Gasteiger partial charge in [-0.3, -0.25) is 4.98 Å². The summed E-state index contributed by atoms with van der Waals surface area (Å²) in [6, 6.07) is 9.77. The minimum absolute atomic E-state index is 0.0778. The first kappa shape index (κ1) is 15.5. The van der Waals surface area contributed by atoms with E-state index in [1.54, 1.807) is 24.4 Å². The molecule has 1 aromatic heterocycles. The molecule has 0 bridgehead atoms. The van der Waals surface area contributed by atoms with Crippen LogP contribution in [0.4, 0.5) is 13.2 Å². The molecular weight excluding hydrogens is 281 g/mol. The number of nitrogens with two attached hydrogens (primary N) is 1. The summed E-state index contributed by atoms with van der Waals surface area (Å²) >= 11 is 0. The molecule has 0 saturated heterocycles. The molecule has 1 heterocycles. The van der Waals surface area contributed by atoms with Crippen molar-refractivity contribution in [2.75, 3.05) is 6.54 Å². The molecule has 112 valence electrons. The van der Waals surface area contributed by atoms with Crippen LogP contribution in [-0.4, -0.2) is 16.6 Å². The summed E-state index contributed by atoms with van der Waals surface area (Å²) in [6.45, 7) is 0.0778. The zero-order valence-corrected chi connectivity index (χ0v) is 11.1. The van der Waals surface area contributed by atoms with E-state index in [-0.39, 0.29) is 12.1 Å². The van der Waals surface area contributed by atoms with E-state index >= 15 is 0 Å². The smallest absolute Gasteiger partial charge is 0.388 e. The summed E-state index contributed by atoms with van der Waals surface area (Å²) in [4.78, 5) is 4.11. The first-order chi connectivity index (χ1) is 9.93. The minimum Gasteiger partial charge on any atom is -0.388 e. The summed E-state index contributed by atoms with van der Waals surface area (Å²) in [5.41, 5.74) is 5.57. The van der Waals surface area contributed by atoms with Crippen molar-refractivity contribution in [3.63, 3.8) is 0 Å². The zero-order chi connectivity index (χ0) is 15.5. The van der Waals surface area contributed by atoms with Crippen LogP contribution >= 0.6 is 0 Å². The van der Waals surface area contributed by atoms with Gasteiger partial charge >= 0.3 is 6.18 Å². The van der Waals surface area contributed by atoms with Crippen LogP contribution in [-0.2, 0) is 6.18 Å². The first-order valence-corrected chi connectivity index (χ1v) is 6.39. The fourth-order valence-electron chi connectivity index (χ4n) is 2.14. The van der Waals surface area contributed by atoms with Crippen LogP contribution in [0.3, 0.4) is 0 Å². The molecule has 2 aromatic rings. The van der Waals surface area contributed by atoms with Crippen LogP contribution in [0.1, 0.15) is 28.8 Å². The van der Waals surface area contributed by atoms with Gasteiger partial charge in [-0.2, -0.15) is 13.2 Å². The second-order valence-corrected chi connectivity index (χ2v) is 4.66. The number of nitrogens with zero attached hydrogens (tertiary/aromatic N) is 1. The van der Waals surface area contributed by atoms with E-state index in [1.807, 2.05) is 0 Å². The number of hydrogen-bond donors (Lipinski definition) is 2. The van der Waals surface area contributed by atoms with Gasteiger partial charge < -0.3 is 10.8 Å². The number of aliphatic hydroxyl groups is 1. The molecule has 0 aliphatic rings. The van der Waals surface area contributed by atoms with Crippen molar-refractivity contribution in [1.82, 2.24) is 4.98 Å². The van der Waals surface area contributed by atoms with E-state index in [2.05, 4.69) is 4.98 Å². The molecule has 3 N–H and O–H groups in total.